The fraction of sp³-hybridized carbons (Fsp3) is 0.415. The zero-order valence-corrected chi connectivity index (χ0v) is 36.1. The second-order valence-electron chi connectivity index (χ2n) is 16.0. The van der Waals surface area contributed by atoms with Crippen molar-refractivity contribution in [2.24, 2.45) is 5.92 Å². The van der Waals surface area contributed by atoms with Crippen LogP contribution in [0, 0.1) is 5.92 Å². The molecule has 0 radical (unpaired) electrons. The maximum atomic E-state index is 13.2. The maximum absolute atomic E-state index is 13.2. The van der Waals surface area contributed by atoms with Gasteiger partial charge in [0.15, 0.2) is 25.7 Å². The van der Waals surface area contributed by atoms with E-state index in [0.717, 1.165) is 16.7 Å². The van der Waals surface area contributed by atoms with Crippen molar-refractivity contribution >= 4 is 39.6 Å². The summed E-state index contributed by atoms with van der Waals surface area (Å²) in [5.41, 5.74) is 0.573. The molecule has 1 aliphatic rings. The third-order valence-corrected chi connectivity index (χ3v) is 15.8. The van der Waals surface area contributed by atoms with Crippen molar-refractivity contribution in [3.8, 4) is 11.5 Å². The molecule has 1 unspecified atom stereocenters. The van der Waals surface area contributed by atoms with E-state index in [1.165, 1.54) is 10.9 Å². The minimum atomic E-state index is -3.60. The summed E-state index contributed by atoms with van der Waals surface area (Å²) in [6.45, 7) is 13.7. The summed E-state index contributed by atoms with van der Waals surface area (Å²) in [5.74, 6) is 0.482. The second kappa shape index (κ2) is 17.3. The maximum Gasteiger partial charge on any atom is 0.317 e. The van der Waals surface area contributed by atoms with Gasteiger partial charge in [0, 0.05) is 5.92 Å². The van der Waals surface area contributed by atoms with Crippen LogP contribution in [-0.2, 0) is 33.4 Å². The van der Waals surface area contributed by atoms with Gasteiger partial charge in [-0.3, -0.25) is 33.5 Å². The molecule has 2 aromatic heterocycles. The standard InChI is InChI=1S/C41H52N5O10PSi/c1-25(2)36(47)44-39-43-35-32(37(48)45-39)42-24-46(35)38-34(55-57(49)50)33(56-58(8,9)40(3,4)5)31(54-38)23-53-41(26-13-11-10-12-14-26,27-15-19-29(51-6)20-16-27)28-17-21-30(52-7)22-18-28/h10-22,24-25,31,33-34,38,57H,23H2,1-9H3,(H,49,50)(H2,43,44,45,47,48)/t31-,33-,34-,38-/m1/s1. The Balaban J connectivity index is 1.51. The largest absolute Gasteiger partial charge is 0.497 e. The van der Waals surface area contributed by atoms with Crippen LogP contribution < -0.4 is 20.3 Å². The number of hydrogen-bond donors (Lipinski definition) is 3. The van der Waals surface area contributed by atoms with E-state index in [1.807, 2.05) is 78.9 Å². The molecule has 1 amide bonds. The van der Waals surface area contributed by atoms with Gasteiger partial charge in [-0.15, -0.1) is 0 Å². The number of hydrogen-bond acceptors (Lipinski definition) is 11. The number of nitrogens with one attached hydrogen (secondary N) is 2. The van der Waals surface area contributed by atoms with Gasteiger partial charge in [-0.1, -0.05) is 89.2 Å². The quantitative estimate of drug-likeness (QED) is 0.0571. The van der Waals surface area contributed by atoms with Crippen molar-refractivity contribution in [1.29, 1.82) is 0 Å². The first-order valence-electron chi connectivity index (χ1n) is 19.0. The lowest BCUT2D eigenvalue weighted by Gasteiger charge is -2.41. The molecule has 3 aromatic carbocycles. The number of benzene rings is 3. The number of carbonyl (C=O) groups excluding carboxylic acids is 1. The molecular formula is C41H52N5O10PSi. The molecule has 0 spiro atoms. The predicted octanol–water partition coefficient (Wildman–Crippen LogP) is 6.80. The Morgan fingerprint density at radius 3 is 2.03 bits per heavy atom. The normalized spacial score (nSPS) is 19.4. The molecule has 58 heavy (non-hydrogen) atoms. The molecule has 0 bridgehead atoms. The number of nitrogens with zero attached hydrogens (tertiary/aromatic N) is 3. The van der Waals surface area contributed by atoms with Gasteiger partial charge >= 0.3 is 8.25 Å². The van der Waals surface area contributed by atoms with E-state index < -0.39 is 58.2 Å². The summed E-state index contributed by atoms with van der Waals surface area (Å²) in [6, 6.07) is 25.0. The Morgan fingerprint density at radius 2 is 1.52 bits per heavy atom. The van der Waals surface area contributed by atoms with Crippen LogP contribution in [0.3, 0.4) is 0 Å². The van der Waals surface area contributed by atoms with Gasteiger partial charge in [0.2, 0.25) is 11.9 Å². The first-order valence-corrected chi connectivity index (χ1v) is 23.2. The van der Waals surface area contributed by atoms with Crippen LogP contribution >= 0.6 is 8.25 Å². The van der Waals surface area contributed by atoms with Crippen LogP contribution in [0.5, 0.6) is 11.5 Å². The Hall–Kier alpha value is -4.67. The molecular weight excluding hydrogens is 782 g/mol. The number of imidazole rings is 1. The summed E-state index contributed by atoms with van der Waals surface area (Å²) in [4.78, 5) is 47.6. The van der Waals surface area contributed by atoms with Crippen molar-refractivity contribution in [2.75, 3.05) is 26.1 Å². The number of fused-ring (bicyclic) bond motifs is 1. The average molecular weight is 834 g/mol. The molecule has 5 aromatic rings. The zero-order chi connectivity index (χ0) is 42.0. The lowest BCUT2D eigenvalue weighted by atomic mass is 9.80. The molecule has 0 aliphatic carbocycles. The monoisotopic (exact) mass is 833 g/mol. The molecule has 5 atom stereocenters. The molecule has 3 heterocycles. The highest BCUT2D eigenvalue weighted by atomic mass is 31.1. The second-order valence-corrected chi connectivity index (χ2v) is 21.5. The van der Waals surface area contributed by atoms with Gasteiger partial charge in [0.25, 0.3) is 5.56 Å². The van der Waals surface area contributed by atoms with Crippen LogP contribution in [0.25, 0.3) is 11.2 Å². The van der Waals surface area contributed by atoms with Crippen LogP contribution in [0.1, 0.15) is 57.5 Å². The molecule has 310 valence electrons. The zero-order valence-electron chi connectivity index (χ0n) is 34.1. The Bertz CT molecular complexity index is 2230. The highest BCUT2D eigenvalue weighted by Crippen LogP contribution is 2.47. The van der Waals surface area contributed by atoms with Gasteiger partial charge < -0.3 is 28.3 Å². The van der Waals surface area contributed by atoms with Crippen LogP contribution in [0.2, 0.25) is 18.1 Å². The van der Waals surface area contributed by atoms with Crippen molar-refractivity contribution in [3.63, 3.8) is 0 Å². The van der Waals surface area contributed by atoms with Crippen molar-refractivity contribution in [2.45, 2.75) is 82.9 Å². The van der Waals surface area contributed by atoms with E-state index in [1.54, 1.807) is 28.1 Å². The molecule has 0 saturated carbocycles. The molecule has 1 saturated heterocycles. The van der Waals surface area contributed by atoms with E-state index in [9.17, 15) is 19.0 Å². The number of H-pyrrole nitrogens is 1. The number of ether oxygens (including phenoxy) is 4. The van der Waals surface area contributed by atoms with E-state index in [0.29, 0.717) is 11.5 Å². The smallest absolute Gasteiger partial charge is 0.317 e. The summed E-state index contributed by atoms with van der Waals surface area (Å²) >= 11 is 0. The Morgan fingerprint density at radius 1 is 0.948 bits per heavy atom. The Labute approximate surface area is 339 Å². The number of carbonyl (C=O) groups is 1. The topological polar surface area (TPSA) is 185 Å². The fourth-order valence-electron chi connectivity index (χ4n) is 6.68. The van der Waals surface area contributed by atoms with Gasteiger partial charge in [0.1, 0.15) is 35.4 Å². The minimum absolute atomic E-state index is 0.0368. The summed E-state index contributed by atoms with van der Waals surface area (Å²) < 4.78 is 52.2. The number of amides is 1. The summed E-state index contributed by atoms with van der Waals surface area (Å²) in [7, 11) is -3.06. The first kappa shape index (κ1) is 42.9. The SMILES string of the molecule is COc1ccc(C(OC[C@H]2O[C@@H](n3cnc4c(=O)[nH]c(NC(=O)C(C)C)nc43)[C@H](O[PH](=O)O)[C@@H]2O[Si](C)(C)C(C)(C)C)(c2ccccc2)c2ccc(OC)cc2)cc1. The third-order valence-electron chi connectivity index (χ3n) is 10.9. The van der Waals surface area contributed by atoms with Crippen LogP contribution in [0.15, 0.2) is 90.0 Å². The number of aromatic nitrogens is 4. The van der Waals surface area contributed by atoms with E-state index in [2.05, 4.69) is 54.1 Å². The fourth-order valence-corrected chi connectivity index (χ4v) is 8.48. The molecule has 1 fully saturated rings. The van der Waals surface area contributed by atoms with E-state index in [4.69, 9.17) is 27.9 Å². The minimum Gasteiger partial charge on any atom is -0.497 e. The summed E-state index contributed by atoms with van der Waals surface area (Å²) in [6.07, 6.45) is -2.88. The molecule has 3 N–H and O–H groups in total. The third kappa shape index (κ3) is 8.69. The van der Waals surface area contributed by atoms with Gasteiger partial charge in [0.05, 0.1) is 27.2 Å². The van der Waals surface area contributed by atoms with Crippen LogP contribution in [0.4, 0.5) is 5.95 Å². The molecule has 1 aliphatic heterocycles. The first-order chi connectivity index (χ1) is 27.5. The molecule has 15 nitrogen and oxygen atoms in total. The van der Waals surface area contributed by atoms with Gasteiger partial charge in [-0.2, -0.15) is 4.98 Å². The van der Waals surface area contributed by atoms with E-state index in [-0.39, 0.29) is 34.7 Å². The molecule has 6 rings (SSSR count). The van der Waals surface area contributed by atoms with Crippen LogP contribution in [-0.4, -0.2) is 77.8 Å². The predicted molar refractivity (Wildman–Crippen MR) is 222 cm³/mol. The number of methoxy groups -OCH3 is 2. The van der Waals surface area contributed by atoms with E-state index >= 15 is 0 Å². The summed E-state index contributed by atoms with van der Waals surface area (Å²) in [5, 5.41) is 2.34. The van der Waals surface area contributed by atoms with Crippen molar-refractivity contribution < 1.29 is 42.2 Å². The highest BCUT2D eigenvalue weighted by molar-refractivity contribution is 7.32. The lowest BCUT2D eigenvalue weighted by Crippen LogP contribution is -2.50. The average Bonchev–Trinajstić information content (AvgIpc) is 3.76. The van der Waals surface area contributed by atoms with Gasteiger partial charge in [-0.25, -0.2) is 4.98 Å². The van der Waals surface area contributed by atoms with Crippen molar-refractivity contribution in [3.05, 3.63) is 112 Å². The van der Waals surface area contributed by atoms with Gasteiger partial charge in [-0.05, 0) is 59.1 Å². The number of anilines is 1. The van der Waals surface area contributed by atoms with Crippen molar-refractivity contribution in [1.82, 2.24) is 19.5 Å². The Kier molecular flexibility index (Phi) is 12.8. The number of aromatic amines is 1. The lowest BCUT2D eigenvalue weighted by molar-refractivity contribution is -0.118. The molecule has 17 heteroatoms. The number of rotatable bonds is 15. The highest BCUT2D eigenvalue weighted by Gasteiger charge is 2.53.